The number of rotatable bonds is 10. The van der Waals surface area contributed by atoms with Crippen molar-refractivity contribution in [3.8, 4) is 0 Å². The maximum absolute atomic E-state index is 13.8. The molecule has 2 N–H and O–H groups in total. The molecule has 0 aliphatic carbocycles. The standard InChI is InChI=1S/C24H27ClFN5O2S/c1-4-31-22(20(13-15(2)3)28-23(33)16-9-5-6-10-17(16)25)29-30-24(31)34-14-21(32)27-19-12-8-7-11-18(19)26/h5-12,15,20H,4,13-14H2,1-3H3,(H,27,32)(H,28,33)/t20-/m1/s1. The number of nitrogens with one attached hydrogen (secondary N) is 2. The second kappa shape index (κ2) is 12.0. The first-order chi connectivity index (χ1) is 16.3. The number of aromatic nitrogens is 3. The number of amides is 2. The molecule has 2 aromatic carbocycles. The van der Waals surface area contributed by atoms with E-state index in [9.17, 15) is 14.0 Å². The largest absolute Gasteiger partial charge is 0.342 e. The molecule has 10 heteroatoms. The van der Waals surface area contributed by atoms with Crippen LogP contribution in [0, 0.1) is 11.7 Å². The maximum Gasteiger partial charge on any atom is 0.253 e. The fourth-order valence-electron chi connectivity index (χ4n) is 3.42. The first kappa shape index (κ1) is 25.7. The van der Waals surface area contributed by atoms with Crippen LogP contribution in [0.25, 0.3) is 0 Å². The predicted octanol–water partition coefficient (Wildman–Crippen LogP) is 5.34. The van der Waals surface area contributed by atoms with E-state index in [4.69, 9.17) is 11.6 Å². The van der Waals surface area contributed by atoms with Crippen LogP contribution in [0.4, 0.5) is 10.1 Å². The zero-order valence-electron chi connectivity index (χ0n) is 19.2. The van der Waals surface area contributed by atoms with Crippen molar-refractivity contribution in [2.75, 3.05) is 11.1 Å². The summed E-state index contributed by atoms with van der Waals surface area (Å²) in [5.74, 6) is -0.221. The van der Waals surface area contributed by atoms with Crippen LogP contribution in [0.5, 0.6) is 0 Å². The second-order valence-electron chi connectivity index (χ2n) is 8.04. The van der Waals surface area contributed by atoms with E-state index in [0.29, 0.717) is 34.5 Å². The van der Waals surface area contributed by atoms with E-state index in [1.165, 1.54) is 23.9 Å². The van der Waals surface area contributed by atoms with Crippen molar-refractivity contribution in [3.05, 3.63) is 70.8 Å². The summed E-state index contributed by atoms with van der Waals surface area (Å²) in [6.07, 6.45) is 0.646. The fourth-order valence-corrected chi connectivity index (χ4v) is 4.45. The van der Waals surface area contributed by atoms with Crippen molar-refractivity contribution < 1.29 is 14.0 Å². The van der Waals surface area contributed by atoms with Gasteiger partial charge in [-0.1, -0.05) is 61.5 Å². The van der Waals surface area contributed by atoms with Crippen molar-refractivity contribution >= 4 is 40.9 Å². The minimum absolute atomic E-state index is 0.0350. The average molecular weight is 504 g/mol. The summed E-state index contributed by atoms with van der Waals surface area (Å²) in [6.45, 7) is 6.61. The van der Waals surface area contributed by atoms with Crippen LogP contribution in [-0.4, -0.2) is 32.3 Å². The molecule has 0 saturated carbocycles. The molecule has 0 saturated heterocycles. The Morgan fingerprint density at radius 3 is 2.50 bits per heavy atom. The SMILES string of the molecule is CCn1c(SCC(=O)Nc2ccccc2F)nnc1[C@@H](CC(C)C)NC(=O)c1ccccc1Cl. The Hall–Kier alpha value is -2.91. The number of carbonyl (C=O) groups is 2. The van der Waals surface area contributed by atoms with Gasteiger partial charge in [0.2, 0.25) is 5.91 Å². The molecule has 0 radical (unpaired) electrons. The van der Waals surface area contributed by atoms with E-state index in [1.54, 1.807) is 36.4 Å². The van der Waals surface area contributed by atoms with Crippen molar-refractivity contribution in [1.82, 2.24) is 20.1 Å². The van der Waals surface area contributed by atoms with Gasteiger partial charge < -0.3 is 15.2 Å². The highest BCUT2D eigenvalue weighted by Gasteiger charge is 2.25. The number of thioether (sulfide) groups is 1. The van der Waals surface area contributed by atoms with Crippen LogP contribution in [-0.2, 0) is 11.3 Å². The van der Waals surface area contributed by atoms with Crippen molar-refractivity contribution in [2.24, 2.45) is 5.92 Å². The first-order valence-corrected chi connectivity index (χ1v) is 12.3. The van der Waals surface area contributed by atoms with Crippen molar-refractivity contribution in [3.63, 3.8) is 0 Å². The lowest BCUT2D eigenvalue weighted by atomic mass is 10.0. The Morgan fingerprint density at radius 1 is 1.12 bits per heavy atom. The van der Waals surface area contributed by atoms with Gasteiger partial charge in [0, 0.05) is 6.54 Å². The van der Waals surface area contributed by atoms with Gasteiger partial charge in [-0.15, -0.1) is 10.2 Å². The molecule has 1 atom stereocenters. The number of hydrogen-bond acceptors (Lipinski definition) is 5. The third-order valence-corrected chi connectivity index (χ3v) is 6.28. The van der Waals surface area contributed by atoms with E-state index < -0.39 is 11.9 Å². The number of carbonyl (C=O) groups excluding carboxylic acids is 2. The van der Waals surface area contributed by atoms with Gasteiger partial charge in [-0.25, -0.2) is 4.39 Å². The smallest absolute Gasteiger partial charge is 0.253 e. The Kier molecular flexibility index (Phi) is 9.06. The molecule has 0 spiro atoms. The minimum Gasteiger partial charge on any atom is -0.342 e. The number of para-hydroxylation sites is 1. The number of halogens is 2. The summed E-state index contributed by atoms with van der Waals surface area (Å²) in [5.41, 5.74) is 0.518. The van der Waals surface area contributed by atoms with Crippen LogP contribution in [0.1, 0.15) is 49.4 Å². The highest BCUT2D eigenvalue weighted by molar-refractivity contribution is 7.99. The zero-order chi connectivity index (χ0) is 24.7. The van der Waals surface area contributed by atoms with Crippen LogP contribution in [0.3, 0.4) is 0 Å². The monoisotopic (exact) mass is 503 g/mol. The van der Waals surface area contributed by atoms with Gasteiger partial charge in [-0.05, 0) is 43.5 Å². The van der Waals surface area contributed by atoms with Gasteiger partial charge in [0.05, 0.1) is 28.1 Å². The average Bonchev–Trinajstić information content (AvgIpc) is 3.21. The molecule has 1 heterocycles. The molecule has 34 heavy (non-hydrogen) atoms. The van der Waals surface area contributed by atoms with Gasteiger partial charge in [0.25, 0.3) is 5.91 Å². The number of nitrogens with zero attached hydrogens (tertiary/aromatic N) is 3. The summed E-state index contributed by atoms with van der Waals surface area (Å²) in [7, 11) is 0. The first-order valence-electron chi connectivity index (χ1n) is 11.0. The summed E-state index contributed by atoms with van der Waals surface area (Å²) >= 11 is 7.40. The Bertz CT molecular complexity index is 1150. The van der Waals surface area contributed by atoms with Gasteiger partial charge in [-0.3, -0.25) is 9.59 Å². The normalized spacial score (nSPS) is 11.9. The predicted molar refractivity (Wildman–Crippen MR) is 133 cm³/mol. The summed E-state index contributed by atoms with van der Waals surface area (Å²) in [4.78, 5) is 25.2. The maximum atomic E-state index is 13.8. The number of hydrogen-bond donors (Lipinski definition) is 2. The molecule has 3 rings (SSSR count). The molecule has 3 aromatic rings. The third kappa shape index (κ3) is 6.57. The number of anilines is 1. The minimum atomic E-state index is -0.495. The summed E-state index contributed by atoms with van der Waals surface area (Å²) < 4.78 is 15.7. The summed E-state index contributed by atoms with van der Waals surface area (Å²) in [5, 5.41) is 15.1. The zero-order valence-corrected chi connectivity index (χ0v) is 20.8. The highest BCUT2D eigenvalue weighted by Crippen LogP contribution is 2.26. The quantitative estimate of drug-likeness (QED) is 0.365. The van der Waals surface area contributed by atoms with Crippen LogP contribution < -0.4 is 10.6 Å². The van der Waals surface area contributed by atoms with E-state index in [2.05, 4.69) is 34.7 Å². The second-order valence-corrected chi connectivity index (χ2v) is 9.39. The van der Waals surface area contributed by atoms with Crippen molar-refractivity contribution in [2.45, 2.75) is 44.9 Å². The molecule has 0 bridgehead atoms. The van der Waals surface area contributed by atoms with E-state index in [1.807, 2.05) is 11.5 Å². The molecular formula is C24H27ClFN5O2S. The highest BCUT2D eigenvalue weighted by atomic mass is 35.5. The van der Waals surface area contributed by atoms with Crippen LogP contribution >= 0.6 is 23.4 Å². The Morgan fingerprint density at radius 2 is 1.82 bits per heavy atom. The molecule has 0 aliphatic heterocycles. The van der Waals surface area contributed by atoms with E-state index in [-0.39, 0.29) is 29.2 Å². The van der Waals surface area contributed by atoms with E-state index in [0.717, 1.165) is 0 Å². The van der Waals surface area contributed by atoms with Gasteiger partial charge in [-0.2, -0.15) is 0 Å². The topological polar surface area (TPSA) is 88.9 Å². The van der Waals surface area contributed by atoms with Crippen LogP contribution in [0.15, 0.2) is 53.7 Å². The lowest BCUT2D eigenvalue weighted by Gasteiger charge is -2.21. The Labute approximate surface area is 207 Å². The van der Waals surface area contributed by atoms with Gasteiger partial charge in [0.15, 0.2) is 11.0 Å². The van der Waals surface area contributed by atoms with Crippen LogP contribution in [0.2, 0.25) is 5.02 Å². The Balaban J connectivity index is 1.74. The molecule has 180 valence electrons. The molecule has 0 aliphatic rings. The molecule has 0 fully saturated rings. The summed E-state index contributed by atoms with van der Waals surface area (Å²) in [6, 6.07) is 12.5. The lowest BCUT2D eigenvalue weighted by Crippen LogP contribution is -2.31. The molecule has 1 aromatic heterocycles. The fraction of sp³-hybridized carbons (Fsp3) is 0.333. The van der Waals surface area contributed by atoms with Gasteiger partial charge in [0.1, 0.15) is 5.82 Å². The number of benzene rings is 2. The third-order valence-electron chi connectivity index (χ3n) is 4.98. The molecule has 0 unspecified atom stereocenters. The molecular weight excluding hydrogens is 477 g/mol. The lowest BCUT2D eigenvalue weighted by molar-refractivity contribution is -0.113. The van der Waals surface area contributed by atoms with Gasteiger partial charge >= 0.3 is 0 Å². The van der Waals surface area contributed by atoms with E-state index >= 15 is 0 Å². The molecule has 2 amide bonds. The molecule has 7 nitrogen and oxygen atoms in total. The van der Waals surface area contributed by atoms with Crippen molar-refractivity contribution in [1.29, 1.82) is 0 Å².